The fourth-order valence-electron chi connectivity index (χ4n) is 2.92. The lowest BCUT2D eigenvalue weighted by molar-refractivity contribution is 0.00578. The van der Waals surface area contributed by atoms with Crippen molar-refractivity contribution >= 4 is 34.2 Å². The predicted molar refractivity (Wildman–Crippen MR) is 108 cm³/mol. The number of benzene rings is 1. The van der Waals surface area contributed by atoms with Crippen molar-refractivity contribution in [2.24, 2.45) is 5.14 Å². The Bertz CT molecular complexity index is 1060. The standard InChI is InChI=1S/C18H21BClFN2O5S/c1-17(2)18(3,4)28-19(27-17)10-8-11(16(26-5)23-9-10)14-12(21)6-7-13(15(14)20)29(22,24)25/h6-9H,1-5H3,(H2,22,24,25). The van der Waals surface area contributed by atoms with Gasteiger partial charge in [0.05, 0.1) is 23.3 Å². The molecule has 2 heterocycles. The van der Waals surface area contributed by atoms with Crippen LogP contribution in [0, 0.1) is 5.82 Å². The summed E-state index contributed by atoms with van der Waals surface area (Å²) in [4.78, 5) is 3.80. The van der Waals surface area contributed by atoms with Crippen LogP contribution >= 0.6 is 11.6 Å². The van der Waals surface area contributed by atoms with Crippen molar-refractivity contribution in [3.05, 3.63) is 35.2 Å². The number of methoxy groups -OCH3 is 1. The lowest BCUT2D eigenvalue weighted by atomic mass is 9.79. The summed E-state index contributed by atoms with van der Waals surface area (Å²) in [5.74, 6) is -0.703. The number of rotatable bonds is 4. The fraction of sp³-hybridized carbons (Fsp3) is 0.389. The van der Waals surface area contributed by atoms with E-state index in [-0.39, 0.29) is 22.0 Å². The van der Waals surface area contributed by atoms with E-state index in [4.69, 9.17) is 30.8 Å². The number of primary sulfonamides is 1. The second-order valence-corrected chi connectivity index (χ2v) is 9.60. The molecular formula is C18H21BClFN2O5S. The third-order valence-electron chi connectivity index (χ3n) is 5.22. The SMILES string of the molecule is COc1ncc(B2OC(C)(C)C(C)(C)O2)cc1-c1c(F)ccc(S(N)(=O)=O)c1Cl. The topological polar surface area (TPSA) is 101 Å². The van der Waals surface area contributed by atoms with Crippen molar-refractivity contribution < 1.29 is 26.9 Å². The number of nitrogens with zero attached hydrogens (tertiary/aromatic N) is 1. The van der Waals surface area contributed by atoms with E-state index < -0.39 is 39.1 Å². The first-order valence-electron chi connectivity index (χ1n) is 8.69. The maximum Gasteiger partial charge on any atom is 0.496 e. The van der Waals surface area contributed by atoms with Crippen LogP contribution in [-0.4, -0.2) is 38.8 Å². The monoisotopic (exact) mass is 442 g/mol. The lowest BCUT2D eigenvalue weighted by Gasteiger charge is -2.32. The van der Waals surface area contributed by atoms with Crippen molar-refractivity contribution in [3.63, 3.8) is 0 Å². The molecule has 3 rings (SSSR count). The molecule has 0 unspecified atom stereocenters. The summed E-state index contributed by atoms with van der Waals surface area (Å²) >= 11 is 6.22. The quantitative estimate of drug-likeness (QED) is 0.730. The van der Waals surface area contributed by atoms with Crippen molar-refractivity contribution in [3.8, 4) is 17.0 Å². The van der Waals surface area contributed by atoms with Gasteiger partial charge in [0.1, 0.15) is 10.7 Å². The first-order chi connectivity index (χ1) is 13.3. The number of hydrogen-bond donors (Lipinski definition) is 1. The molecule has 1 aromatic carbocycles. The van der Waals surface area contributed by atoms with Gasteiger partial charge in [0, 0.05) is 22.8 Å². The average molecular weight is 443 g/mol. The van der Waals surface area contributed by atoms with Gasteiger partial charge in [-0.05, 0) is 45.9 Å². The summed E-state index contributed by atoms with van der Waals surface area (Å²) in [5, 5.41) is 4.83. The third kappa shape index (κ3) is 3.87. The number of nitrogens with two attached hydrogens (primary N) is 1. The predicted octanol–water partition coefficient (Wildman–Crippen LogP) is 2.50. The van der Waals surface area contributed by atoms with Crippen molar-refractivity contribution in [1.29, 1.82) is 0 Å². The number of sulfonamides is 1. The highest BCUT2D eigenvalue weighted by molar-refractivity contribution is 7.89. The molecule has 11 heteroatoms. The molecule has 0 bridgehead atoms. The smallest absolute Gasteiger partial charge is 0.481 e. The molecule has 0 aliphatic carbocycles. The van der Waals surface area contributed by atoms with Gasteiger partial charge in [-0.2, -0.15) is 0 Å². The summed E-state index contributed by atoms with van der Waals surface area (Å²) in [7, 11) is -3.57. The summed E-state index contributed by atoms with van der Waals surface area (Å²) in [6.45, 7) is 7.60. The molecule has 1 saturated heterocycles. The van der Waals surface area contributed by atoms with E-state index in [0.29, 0.717) is 5.46 Å². The van der Waals surface area contributed by atoms with Crippen LogP contribution in [0.25, 0.3) is 11.1 Å². The Morgan fingerprint density at radius 3 is 2.31 bits per heavy atom. The van der Waals surface area contributed by atoms with Gasteiger partial charge in [-0.1, -0.05) is 11.6 Å². The highest BCUT2D eigenvalue weighted by Crippen LogP contribution is 2.40. The zero-order valence-corrected chi connectivity index (χ0v) is 18.2. The van der Waals surface area contributed by atoms with Crippen LogP contribution in [0.5, 0.6) is 5.88 Å². The molecule has 0 amide bonds. The number of aromatic nitrogens is 1. The van der Waals surface area contributed by atoms with Crippen LogP contribution in [0.1, 0.15) is 27.7 Å². The molecule has 2 N–H and O–H groups in total. The Kier molecular flexibility index (Phi) is 5.46. The summed E-state index contributed by atoms with van der Waals surface area (Å²) in [5.41, 5.74) is -0.730. The minimum absolute atomic E-state index is 0.0534. The van der Waals surface area contributed by atoms with Crippen molar-refractivity contribution in [2.75, 3.05) is 7.11 Å². The Morgan fingerprint density at radius 1 is 1.21 bits per heavy atom. The zero-order valence-electron chi connectivity index (χ0n) is 16.6. The van der Waals surface area contributed by atoms with E-state index in [9.17, 15) is 12.8 Å². The van der Waals surface area contributed by atoms with Gasteiger partial charge in [-0.3, -0.25) is 0 Å². The van der Waals surface area contributed by atoms with Crippen LogP contribution in [0.3, 0.4) is 0 Å². The van der Waals surface area contributed by atoms with Gasteiger partial charge in [0.25, 0.3) is 0 Å². The van der Waals surface area contributed by atoms with Crippen LogP contribution in [0.2, 0.25) is 5.02 Å². The number of pyridine rings is 1. The van der Waals surface area contributed by atoms with E-state index in [1.54, 1.807) is 6.07 Å². The van der Waals surface area contributed by atoms with E-state index >= 15 is 0 Å². The van der Waals surface area contributed by atoms with Crippen LogP contribution in [0.15, 0.2) is 29.3 Å². The molecule has 1 aromatic heterocycles. The Hall–Kier alpha value is -1.72. The van der Waals surface area contributed by atoms with Gasteiger partial charge in [-0.25, -0.2) is 22.9 Å². The van der Waals surface area contributed by atoms with Crippen LogP contribution in [-0.2, 0) is 19.3 Å². The van der Waals surface area contributed by atoms with Crippen LogP contribution < -0.4 is 15.3 Å². The molecule has 1 aliphatic heterocycles. The van der Waals surface area contributed by atoms with Crippen LogP contribution in [0.4, 0.5) is 4.39 Å². The van der Waals surface area contributed by atoms with Gasteiger partial charge >= 0.3 is 7.12 Å². The second kappa shape index (κ2) is 7.21. The average Bonchev–Trinajstić information content (AvgIpc) is 2.81. The number of ether oxygens (including phenoxy) is 1. The van der Waals surface area contributed by atoms with Gasteiger partial charge in [0.2, 0.25) is 15.9 Å². The summed E-state index contributed by atoms with van der Waals surface area (Å²) in [6, 6.07) is 3.53. The first-order valence-corrected chi connectivity index (χ1v) is 10.6. The van der Waals surface area contributed by atoms with Gasteiger partial charge < -0.3 is 14.0 Å². The maximum absolute atomic E-state index is 14.7. The number of hydrogen-bond acceptors (Lipinski definition) is 6. The van der Waals surface area contributed by atoms with Crippen molar-refractivity contribution in [2.45, 2.75) is 43.8 Å². The molecular weight excluding hydrogens is 422 g/mol. The first kappa shape index (κ1) is 22.0. The molecule has 0 saturated carbocycles. The normalized spacial score (nSPS) is 18.1. The molecule has 1 fully saturated rings. The highest BCUT2D eigenvalue weighted by Gasteiger charge is 2.52. The third-order valence-corrected chi connectivity index (χ3v) is 6.68. The highest BCUT2D eigenvalue weighted by atomic mass is 35.5. The van der Waals surface area contributed by atoms with Crippen molar-refractivity contribution in [1.82, 2.24) is 4.98 Å². The largest absolute Gasteiger partial charge is 0.496 e. The van der Waals surface area contributed by atoms with E-state index in [2.05, 4.69) is 4.98 Å². The molecule has 7 nitrogen and oxygen atoms in total. The Morgan fingerprint density at radius 2 is 1.79 bits per heavy atom. The molecule has 0 spiro atoms. The molecule has 156 valence electrons. The van der Waals surface area contributed by atoms with Gasteiger partial charge in [-0.15, -0.1) is 0 Å². The molecule has 0 radical (unpaired) electrons. The van der Waals surface area contributed by atoms with E-state index in [1.165, 1.54) is 13.3 Å². The maximum atomic E-state index is 14.7. The minimum Gasteiger partial charge on any atom is -0.481 e. The van der Waals surface area contributed by atoms with E-state index in [0.717, 1.165) is 12.1 Å². The van der Waals surface area contributed by atoms with Gasteiger partial charge in [0.15, 0.2) is 0 Å². The second-order valence-electron chi connectivity index (χ2n) is 7.69. The van der Waals surface area contributed by atoms with E-state index in [1.807, 2.05) is 27.7 Å². The molecule has 2 aromatic rings. The fourth-order valence-corrected chi connectivity index (χ4v) is 4.11. The minimum atomic E-state index is -4.17. The zero-order chi connectivity index (χ0) is 21.8. The number of halogens is 2. The summed E-state index contributed by atoms with van der Waals surface area (Å²) < 4.78 is 55.6. The molecule has 1 aliphatic rings. The molecule has 0 atom stereocenters. The lowest BCUT2D eigenvalue weighted by Crippen LogP contribution is -2.41. The summed E-state index contributed by atoms with van der Waals surface area (Å²) in [6.07, 6.45) is 1.49. The Labute approximate surface area is 174 Å². The molecule has 29 heavy (non-hydrogen) atoms. The Balaban J connectivity index is 2.18.